The standard InChI is InChI=1S/C32H42N8O4/c1-32(2,3)44-31(43)38-17-21-18-39(28(41)24(21)19-38)23-12-13-26(33-16-23)35-30-34-15-20-14-25(29(42)37(4)5)40(27(20)36-30)22-10-8-6-7-9-11-22/h12-16,21-22,24H,6-11,17-19H2,1-5H3,(H,33,34,35,36). The first-order valence-electron chi connectivity index (χ1n) is 15.6. The van der Waals surface area contributed by atoms with Crippen LogP contribution in [0.3, 0.4) is 0 Å². The van der Waals surface area contributed by atoms with E-state index in [1.807, 2.05) is 39.0 Å². The van der Waals surface area contributed by atoms with E-state index in [4.69, 9.17) is 9.72 Å². The minimum absolute atomic E-state index is 0.000275. The Hall–Kier alpha value is -4.22. The van der Waals surface area contributed by atoms with Crippen LogP contribution < -0.4 is 10.2 Å². The fourth-order valence-electron chi connectivity index (χ4n) is 6.65. The predicted molar refractivity (Wildman–Crippen MR) is 167 cm³/mol. The molecule has 0 spiro atoms. The summed E-state index contributed by atoms with van der Waals surface area (Å²) in [6.07, 6.45) is 9.78. The third-order valence-corrected chi connectivity index (χ3v) is 8.78. The maximum Gasteiger partial charge on any atom is 0.410 e. The van der Waals surface area contributed by atoms with Gasteiger partial charge in [-0.05, 0) is 51.8 Å². The summed E-state index contributed by atoms with van der Waals surface area (Å²) in [5.74, 6) is 0.713. The topological polar surface area (TPSA) is 126 Å². The Balaban J connectivity index is 1.17. The lowest BCUT2D eigenvalue weighted by molar-refractivity contribution is -0.120. The number of pyridine rings is 1. The van der Waals surface area contributed by atoms with Crippen molar-refractivity contribution in [3.8, 4) is 0 Å². The van der Waals surface area contributed by atoms with E-state index in [0.29, 0.717) is 42.8 Å². The van der Waals surface area contributed by atoms with Crippen molar-refractivity contribution in [2.45, 2.75) is 70.9 Å². The van der Waals surface area contributed by atoms with Crippen molar-refractivity contribution < 1.29 is 19.1 Å². The van der Waals surface area contributed by atoms with Gasteiger partial charge in [0.25, 0.3) is 5.91 Å². The van der Waals surface area contributed by atoms with Crippen molar-refractivity contribution in [2.75, 3.05) is 43.9 Å². The second kappa shape index (κ2) is 11.7. The minimum Gasteiger partial charge on any atom is -0.444 e. The summed E-state index contributed by atoms with van der Waals surface area (Å²) in [6.45, 7) is 6.91. The molecule has 3 fully saturated rings. The third-order valence-electron chi connectivity index (χ3n) is 8.78. The summed E-state index contributed by atoms with van der Waals surface area (Å²) in [7, 11) is 3.54. The Morgan fingerprint density at radius 1 is 1.00 bits per heavy atom. The summed E-state index contributed by atoms with van der Waals surface area (Å²) in [5.41, 5.74) is 1.52. The first-order chi connectivity index (χ1) is 21.0. The molecule has 1 N–H and O–H groups in total. The molecule has 0 bridgehead atoms. The van der Waals surface area contributed by atoms with Crippen molar-refractivity contribution in [3.05, 3.63) is 36.3 Å². The van der Waals surface area contributed by atoms with E-state index < -0.39 is 5.60 Å². The Morgan fingerprint density at radius 3 is 2.39 bits per heavy atom. The first kappa shape index (κ1) is 29.8. The number of ether oxygens (including phenoxy) is 1. The van der Waals surface area contributed by atoms with Gasteiger partial charge in [0, 0.05) is 57.3 Å². The van der Waals surface area contributed by atoms with Crippen LogP contribution in [0.2, 0.25) is 0 Å². The molecule has 0 aromatic carbocycles. The van der Waals surface area contributed by atoms with E-state index in [1.165, 1.54) is 12.8 Å². The average Bonchev–Trinajstić information content (AvgIpc) is 3.57. The fraction of sp³-hybridized carbons (Fsp3) is 0.562. The minimum atomic E-state index is -0.573. The Bertz CT molecular complexity index is 1550. The van der Waals surface area contributed by atoms with Gasteiger partial charge in [0.2, 0.25) is 11.9 Å². The number of aromatic nitrogens is 4. The fourth-order valence-corrected chi connectivity index (χ4v) is 6.65. The summed E-state index contributed by atoms with van der Waals surface area (Å²) in [6, 6.07) is 5.78. The smallest absolute Gasteiger partial charge is 0.410 e. The van der Waals surface area contributed by atoms with Crippen LogP contribution in [-0.4, -0.2) is 86.6 Å². The highest BCUT2D eigenvalue weighted by molar-refractivity contribution is 5.99. The van der Waals surface area contributed by atoms with Crippen LogP contribution in [0, 0.1) is 11.8 Å². The van der Waals surface area contributed by atoms with E-state index in [0.717, 1.165) is 36.7 Å². The number of hydrogen-bond donors (Lipinski definition) is 1. The highest BCUT2D eigenvalue weighted by Crippen LogP contribution is 2.36. The van der Waals surface area contributed by atoms with E-state index in [2.05, 4.69) is 19.9 Å². The molecule has 3 aliphatic rings. The SMILES string of the molecule is CN(C)C(=O)c1cc2cnc(Nc3ccc(N4CC5CN(C(=O)OC(C)(C)C)CC5C4=O)cn3)nc2n1C1CCCCCC1. The van der Waals surface area contributed by atoms with E-state index in [9.17, 15) is 14.4 Å². The largest absolute Gasteiger partial charge is 0.444 e. The molecule has 2 atom stereocenters. The summed E-state index contributed by atoms with van der Waals surface area (Å²) in [5, 5.41) is 4.03. The Morgan fingerprint density at radius 2 is 1.75 bits per heavy atom. The number of amides is 3. The molecule has 2 aliphatic heterocycles. The highest BCUT2D eigenvalue weighted by Gasteiger charge is 2.48. The van der Waals surface area contributed by atoms with Gasteiger partial charge in [0.05, 0.1) is 17.8 Å². The lowest BCUT2D eigenvalue weighted by atomic mass is 10.0. The molecule has 44 heavy (non-hydrogen) atoms. The maximum atomic E-state index is 13.3. The molecule has 12 nitrogen and oxygen atoms in total. The second-order valence-corrected chi connectivity index (χ2v) is 13.4. The number of nitrogens with zero attached hydrogens (tertiary/aromatic N) is 7. The second-order valence-electron chi connectivity index (χ2n) is 13.4. The lowest BCUT2D eigenvalue weighted by Gasteiger charge is -2.26. The molecule has 1 aliphatic carbocycles. The molecule has 1 saturated carbocycles. The van der Waals surface area contributed by atoms with Crippen molar-refractivity contribution in [2.24, 2.45) is 11.8 Å². The van der Waals surface area contributed by atoms with Crippen LogP contribution >= 0.6 is 0 Å². The van der Waals surface area contributed by atoms with Gasteiger partial charge in [-0.15, -0.1) is 0 Å². The van der Waals surface area contributed by atoms with Crippen molar-refractivity contribution >= 4 is 46.4 Å². The van der Waals surface area contributed by atoms with Gasteiger partial charge in [-0.1, -0.05) is 25.7 Å². The molecule has 234 valence electrons. The van der Waals surface area contributed by atoms with Crippen LogP contribution in [0.1, 0.15) is 75.8 Å². The summed E-state index contributed by atoms with van der Waals surface area (Å²) < 4.78 is 7.62. The van der Waals surface area contributed by atoms with Crippen molar-refractivity contribution in [1.29, 1.82) is 0 Å². The van der Waals surface area contributed by atoms with Crippen LogP contribution in [-0.2, 0) is 9.53 Å². The molecule has 12 heteroatoms. The zero-order valence-electron chi connectivity index (χ0n) is 26.2. The molecule has 2 unspecified atom stereocenters. The number of nitrogens with one attached hydrogen (secondary N) is 1. The van der Waals surface area contributed by atoms with Crippen molar-refractivity contribution in [1.82, 2.24) is 29.3 Å². The average molecular weight is 603 g/mol. The molecule has 2 saturated heterocycles. The van der Waals surface area contributed by atoms with Crippen LogP contribution in [0.4, 0.5) is 22.2 Å². The first-order valence-corrected chi connectivity index (χ1v) is 15.6. The van der Waals surface area contributed by atoms with Gasteiger partial charge < -0.3 is 29.3 Å². The molecule has 3 aromatic heterocycles. The van der Waals surface area contributed by atoms with Crippen molar-refractivity contribution in [3.63, 3.8) is 0 Å². The van der Waals surface area contributed by atoms with Crippen LogP contribution in [0.5, 0.6) is 0 Å². The van der Waals surface area contributed by atoms with Gasteiger partial charge in [-0.2, -0.15) is 4.98 Å². The zero-order chi connectivity index (χ0) is 31.2. The quantitative estimate of drug-likeness (QED) is 0.405. The molecule has 5 heterocycles. The predicted octanol–water partition coefficient (Wildman–Crippen LogP) is 5.00. The van der Waals surface area contributed by atoms with Gasteiger partial charge in [0.1, 0.15) is 22.8 Å². The molecule has 3 aromatic rings. The van der Waals surface area contributed by atoms with Crippen LogP contribution in [0.15, 0.2) is 30.6 Å². The lowest BCUT2D eigenvalue weighted by Crippen LogP contribution is -2.38. The number of fused-ring (bicyclic) bond motifs is 2. The number of anilines is 3. The number of likely N-dealkylation sites (tertiary alicyclic amines) is 1. The Labute approximate surface area is 257 Å². The molecular formula is C32H42N8O4. The van der Waals surface area contributed by atoms with E-state index in [-0.39, 0.29) is 35.8 Å². The summed E-state index contributed by atoms with van der Waals surface area (Å²) in [4.78, 5) is 57.9. The molecule has 6 rings (SSSR count). The monoisotopic (exact) mass is 602 g/mol. The molecule has 0 radical (unpaired) electrons. The normalized spacial score (nSPS) is 21.0. The summed E-state index contributed by atoms with van der Waals surface area (Å²) >= 11 is 0. The zero-order valence-corrected chi connectivity index (χ0v) is 26.2. The van der Waals surface area contributed by atoms with Gasteiger partial charge >= 0.3 is 6.09 Å². The maximum absolute atomic E-state index is 13.3. The van der Waals surface area contributed by atoms with Gasteiger partial charge in [0.15, 0.2) is 0 Å². The van der Waals surface area contributed by atoms with Crippen LogP contribution in [0.25, 0.3) is 11.0 Å². The number of carbonyl (C=O) groups is 3. The number of carbonyl (C=O) groups excluding carboxylic acids is 3. The highest BCUT2D eigenvalue weighted by atomic mass is 16.6. The van der Waals surface area contributed by atoms with Gasteiger partial charge in [-0.25, -0.2) is 14.8 Å². The van der Waals surface area contributed by atoms with E-state index >= 15 is 0 Å². The number of rotatable bonds is 5. The number of hydrogen-bond acceptors (Lipinski definition) is 8. The Kier molecular flexibility index (Phi) is 7.93. The molecule has 3 amide bonds. The van der Waals surface area contributed by atoms with E-state index in [1.54, 1.807) is 41.2 Å². The third kappa shape index (κ3) is 5.94. The molecular weight excluding hydrogens is 560 g/mol. The van der Waals surface area contributed by atoms with Gasteiger partial charge in [-0.3, -0.25) is 9.59 Å².